The van der Waals surface area contributed by atoms with Gasteiger partial charge in [0.1, 0.15) is 5.82 Å². The van der Waals surface area contributed by atoms with Gasteiger partial charge in [0, 0.05) is 33.0 Å². The Labute approximate surface area is 147 Å². The molecule has 0 amide bonds. The van der Waals surface area contributed by atoms with E-state index in [1.165, 1.54) is 12.1 Å². The minimum absolute atomic E-state index is 0.115. The summed E-state index contributed by atoms with van der Waals surface area (Å²) in [6.45, 7) is 2.09. The fraction of sp³-hybridized carbons (Fsp3) is 0.375. The highest BCUT2D eigenvalue weighted by molar-refractivity contribution is 7.89. The lowest BCUT2D eigenvalue weighted by Gasteiger charge is -2.08. The molecular weight excluding hydrogens is 342 g/mol. The predicted octanol–water partition coefficient (Wildman–Crippen LogP) is 1.23. The topological polar surface area (TPSA) is 119 Å². The smallest absolute Gasteiger partial charge is 0.238 e. The van der Waals surface area contributed by atoms with Crippen LogP contribution in [0.5, 0.6) is 0 Å². The molecule has 4 N–H and O–H groups in total. The third kappa shape index (κ3) is 6.65. The Morgan fingerprint density at radius 2 is 1.88 bits per heavy atom. The number of ether oxygens (including phenoxy) is 1. The lowest BCUT2D eigenvalue weighted by atomic mass is 10.1. The monoisotopic (exact) mass is 365 g/mol. The van der Waals surface area contributed by atoms with Gasteiger partial charge < -0.3 is 15.4 Å². The van der Waals surface area contributed by atoms with E-state index in [0.717, 1.165) is 30.8 Å². The van der Waals surface area contributed by atoms with Gasteiger partial charge in [0.2, 0.25) is 16.0 Å². The van der Waals surface area contributed by atoms with E-state index >= 15 is 0 Å². The zero-order valence-electron chi connectivity index (χ0n) is 14.1. The summed E-state index contributed by atoms with van der Waals surface area (Å²) in [5.41, 5.74) is 1.01. The molecule has 0 aliphatic carbocycles. The number of hydrogen-bond acceptors (Lipinski definition) is 7. The van der Waals surface area contributed by atoms with Crippen molar-refractivity contribution in [1.82, 2.24) is 9.97 Å². The fourth-order valence-corrected chi connectivity index (χ4v) is 2.66. The number of primary sulfonamides is 1. The first kappa shape index (κ1) is 19.1. The number of hydrogen-bond donors (Lipinski definition) is 3. The van der Waals surface area contributed by atoms with Crippen LogP contribution >= 0.6 is 0 Å². The van der Waals surface area contributed by atoms with E-state index in [1.54, 1.807) is 31.5 Å². The van der Waals surface area contributed by atoms with E-state index in [4.69, 9.17) is 9.88 Å². The Kier molecular flexibility index (Phi) is 7.11. The quantitative estimate of drug-likeness (QED) is 0.542. The maximum atomic E-state index is 11.2. The summed E-state index contributed by atoms with van der Waals surface area (Å²) >= 11 is 0. The van der Waals surface area contributed by atoms with Crippen LogP contribution in [0.25, 0.3) is 0 Å². The molecule has 9 heteroatoms. The third-order valence-corrected chi connectivity index (χ3v) is 4.36. The summed E-state index contributed by atoms with van der Waals surface area (Å²) < 4.78 is 27.4. The Balaban J connectivity index is 1.81. The van der Waals surface area contributed by atoms with Gasteiger partial charge in [0.25, 0.3) is 0 Å². The average molecular weight is 365 g/mol. The van der Waals surface area contributed by atoms with Crippen molar-refractivity contribution >= 4 is 21.8 Å². The molecule has 1 aromatic heterocycles. The minimum atomic E-state index is -3.65. The maximum Gasteiger partial charge on any atom is 0.238 e. The fourth-order valence-electron chi connectivity index (χ4n) is 2.14. The molecule has 0 spiro atoms. The molecule has 0 unspecified atom stereocenters. The van der Waals surface area contributed by atoms with Crippen molar-refractivity contribution in [2.24, 2.45) is 5.14 Å². The molecule has 0 bridgehead atoms. The molecule has 0 aliphatic rings. The summed E-state index contributed by atoms with van der Waals surface area (Å²) in [5, 5.41) is 11.4. The Morgan fingerprint density at radius 1 is 1.12 bits per heavy atom. The Hall–Kier alpha value is -2.23. The molecule has 0 fully saturated rings. The molecule has 0 saturated heterocycles. The number of aromatic nitrogens is 2. The lowest BCUT2D eigenvalue weighted by molar-refractivity contribution is 0.197. The van der Waals surface area contributed by atoms with Crippen LogP contribution in [0.4, 0.5) is 11.8 Å². The van der Waals surface area contributed by atoms with Crippen LogP contribution in [0.1, 0.15) is 12.0 Å². The summed E-state index contributed by atoms with van der Waals surface area (Å²) in [6.07, 6.45) is 3.30. The number of rotatable bonds is 10. The molecule has 0 saturated carbocycles. The number of benzene rings is 1. The van der Waals surface area contributed by atoms with E-state index in [1.807, 2.05) is 0 Å². The average Bonchev–Trinajstić information content (AvgIpc) is 2.59. The predicted molar refractivity (Wildman–Crippen MR) is 97.0 cm³/mol. The zero-order valence-corrected chi connectivity index (χ0v) is 14.9. The third-order valence-electron chi connectivity index (χ3n) is 3.44. The number of anilines is 2. The van der Waals surface area contributed by atoms with Crippen molar-refractivity contribution < 1.29 is 13.2 Å². The van der Waals surface area contributed by atoms with Crippen LogP contribution < -0.4 is 15.8 Å². The van der Waals surface area contributed by atoms with Crippen LogP contribution in [0, 0.1) is 0 Å². The Morgan fingerprint density at radius 3 is 2.56 bits per heavy atom. The molecule has 8 nitrogen and oxygen atoms in total. The highest BCUT2D eigenvalue weighted by Crippen LogP contribution is 2.10. The molecule has 136 valence electrons. The van der Waals surface area contributed by atoms with Gasteiger partial charge in [-0.15, -0.1) is 0 Å². The molecule has 0 radical (unpaired) electrons. The normalized spacial score (nSPS) is 11.3. The SMILES string of the molecule is COCCCNc1nccc(NCCc2ccc(S(N)(=O)=O)cc2)n1. The first-order valence-electron chi connectivity index (χ1n) is 7.90. The standard InChI is InChI=1S/C16H23N5O3S/c1-24-12-2-9-19-16-20-11-8-15(21-16)18-10-7-13-3-5-14(6-4-13)25(17,22)23/h3-6,8,11H,2,7,9-10,12H2,1H3,(H2,17,22,23)(H2,18,19,20,21). The van der Waals surface area contributed by atoms with Crippen molar-refractivity contribution in [2.45, 2.75) is 17.7 Å². The van der Waals surface area contributed by atoms with Gasteiger partial charge >= 0.3 is 0 Å². The number of nitrogens with zero attached hydrogens (tertiary/aromatic N) is 2. The summed E-state index contributed by atoms with van der Waals surface area (Å²) in [7, 11) is -1.98. The van der Waals surface area contributed by atoms with E-state index in [2.05, 4.69) is 20.6 Å². The van der Waals surface area contributed by atoms with Gasteiger partial charge in [-0.3, -0.25) is 0 Å². The molecule has 0 aliphatic heterocycles. The highest BCUT2D eigenvalue weighted by atomic mass is 32.2. The van der Waals surface area contributed by atoms with Crippen LogP contribution in [0.2, 0.25) is 0 Å². The minimum Gasteiger partial charge on any atom is -0.385 e. The van der Waals surface area contributed by atoms with Crippen molar-refractivity contribution in [1.29, 1.82) is 0 Å². The number of nitrogens with two attached hydrogens (primary N) is 1. The van der Waals surface area contributed by atoms with E-state index < -0.39 is 10.0 Å². The second-order valence-electron chi connectivity index (χ2n) is 5.40. The second kappa shape index (κ2) is 9.30. The van der Waals surface area contributed by atoms with Crippen molar-refractivity contribution in [3.05, 3.63) is 42.1 Å². The van der Waals surface area contributed by atoms with Crippen LogP contribution in [-0.2, 0) is 21.2 Å². The largest absolute Gasteiger partial charge is 0.385 e. The zero-order chi connectivity index (χ0) is 18.1. The van der Waals surface area contributed by atoms with Gasteiger partial charge in [-0.2, -0.15) is 4.98 Å². The van der Waals surface area contributed by atoms with Gasteiger partial charge in [-0.25, -0.2) is 18.5 Å². The molecule has 2 aromatic rings. The molecule has 1 heterocycles. The molecule has 1 aromatic carbocycles. The van der Waals surface area contributed by atoms with E-state index in [-0.39, 0.29) is 4.90 Å². The second-order valence-corrected chi connectivity index (χ2v) is 6.97. The number of nitrogens with one attached hydrogen (secondary N) is 2. The van der Waals surface area contributed by atoms with Crippen LogP contribution in [0.3, 0.4) is 0 Å². The van der Waals surface area contributed by atoms with Crippen molar-refractivity contribution in [2.75, 3.05) is 37.4 Å². The van der Waals surface area contributed by atoms with Gasteiger partial charge in [-0.05, 0) is 36.6 Å². The van der Waals surface area contributed by atoms with Gasteiger partial charge in [-0.1, -0.05) is 12.1 Å². The maximum absolute atomic E-state index is 11.2. The lowest BCUT2D eigenvalue weighted by Crippen LogP contribution is -2.12. The first-order valence-corrected chi connectivity index (χ1v) is 9.45. The summed E-state index contributed by atoms with van der Waals surface area (Å²) in [6, 6.07) is 8.33. The summed E-state index contributed by atoms with van der Waals surface area (Å²) in [4.78, 5) is 8.66. The number of sulfonamides is 1. The highest BCUT2D eigenvalue weighted by Gasteiger charge is 2.06. The first-order chi connectivity index (χ1) is 12.0. The summed E-state index contributed by atoms with van der Waals surface area (Å²) in [5.74, 6) is 1.30. The molecule has 0 atom stereocenters. The van der Waals surface area contributed by atoms with Crippen LogP contribution in [-0.4, -0.2) is 45.2 Å². The van der Waals surface area contributed by atoms with Crippen molar-refractivity contribution in [3.63, 3.8) is 0 Å². The molecular formula is C16H23N5O3S. The Bertz CT molecular complexity index is 766. The van der Waals surface area contributed by atoms with E-state index in [9.17, 15) is 8.42 Å². The molecule has 25 heavy (non-hydrogen) atoms. The van der Waals surface area contributed by atoms with E-state index in [0.29, 0.717) is 19.1 Å². The van der Waals surface area contributed by atoms with Gasteiger partial charge in [0.05, 0.1) is 4.90 Å². The number of methoxy groups -OCH3 is 1. The van der Waals surface area contributed by atoms with Gasteiger partial charge in [0.15, 0.2) is 0 Å². The van der Waals surface area contributed by atoms with Crippen molar-refractivity contribution in [3.8, 4) is 0 Å². The van der Waals surface area contributed by atoms with Crippen LogP contribution in [0.15, 0.2) is 41.4 Å². The molecule has 2 rings (SSSR count).